The van der Waals surface area contributed by atoms with Crippen molar-refractivity contribution in [1.82, 2.24) is 0 Å². The largest absolute Gasteiger partial charge is 0.0654 e. The molecular weight excluding hydrogens is 444 g/mol. The molecule has 0 bridgehead atoms. The van der Waals surface area contributed by atoms with E-state index in [0.717, 1.165) is 11.8 Å². The Morgan fingerprint density at radius 2 is 0.432 bits per heavy atom. The van der Waals surface area contributed by atoms with Gasteiger partial charge in [-0.2, -0.15) is 0 Å². The maximum absolute atomic E-state index is 2.50. The molecule has 0 heteroatoms. The molecule has 0 aromatic carbocycles. The highest BCUT2D eigenvalue weighted by Crippen LogP contribution is 2.22. The van der Waals surface area contributed by atoms with Gasteiger partial charge in [0.15, 0.2) is 0 Å². The third-order valence-corrected chi connectivity index (χ3v) is 8.99. The Hall–Kier alpha value is 0. The third-order valence-electron chi connectivity index (χ3n) is 8.99. The monoisotopic (exact) mass is 521 g/mol. The summed E-state index contributed by atoms with van der Waals surface area (Å²) in [5, 5.41) is 0. The molecule has 0 rings (SSSR count). The second-order valence-electron chi connectivity index (χ2n) is 13.2. The van der Waals surface area contributed by atoms with Crippen molar-refractivity contribution in [2.75, 3.05) is 0 Å². The molecule has 0 saturated carbocycles. The van der Waals surface area contributed by atoms with Crippen LogP contribution in [0.25, 0.3) is 0 Å². The van der Waals surface area contributed by atoms with Crippen LogP contribution in [0.4, 0.5) is 0 Å². The van der Waals surface area contributed by atoms with Crippen molar-refractivity contribution >= 4 is 0 Å². The fraction of sp³-hybridized carbons (Fsp3) is 1.00. The van der Waals surface area contributed by atoms with E-state index in [9.17, 15) is 0 Å². The fourth-order valence-electron chi connectivity index (χ4n) is 6.12. The van der Waals surface area contributed by atoms with Crippen LogP contribution in [0.1, 0.15) is 227 Å². The molecule has 2 unspecified atom stereocenters. The molecule has 0 radical (unpaired) electrons. The van der Waals surface area contributed by atoms with E-state index < -0.39 is 0 Å². The number of hydrogen-bond acceptors (Lipinski definition) is 0. The van der Waals surface area contributed by atoms with Gasteiger partial charge < -0.3 is 0 Å². The molecule has 0 aliphatic carbocycles. The molecule has 37 heavy (non-hydrogen) atoms. The van der Waals surface area contributed by atoms with Crippen LogP contribution in [0.5, 0.6) is 0 Å². The predicted molar refractivity (Wildman–Crippen MR) is 173 cm³/mol. The van der Waals surface area contributed by atoms with Gasteiger partial charge in [0.25, 0.3) is 0 Å². The van der Waals surface area contributed by atoms with Crippen LogP contribution in [0.2, 0.25) is 0 Å². The summed E-state index contributed by atoms with van der Waals surface area (Å²) in [6.07, 6.45) is 45.6. The average molecular weight is 521 g/mol. The average Bonchev–Trinajstić information content (AvgIpc) is 2.89. The smallest absolute Gasteiger partial charge is 0.0443 e. The summed E-state index contributed by atoms with van der Waals surface area (Å²) in [6.45, 7) is 9.61. The lowest BCUT2D eigenvalue weighted by Gasteiger charge is -2.14. The first-order chi connectivity index (χ1) is 18.2. The fourth-order valence-corrected chi connectivity index (χ4v) is 6.12. The van der Waals surface area contributed by atoms with Gasteiger partial charge in [0.05, 0.1) is 0 Å². The lowest BCUT2D eigenvalue weighted by molar-refractivity contribution is 0.391. The van der Waals surface area contributed by atoms with Gasteiger partial charge in [-0.25, -0.2) is 0 Å². The van der Waals surface area contributed by atoms with E-state index in [1.807, 2.05) is 0 Å². The molecule has 0 aromatic heterocycles. The van der Waals surface area contributed by atoms with Crippen molar-refractivity contribution < 1.29 is 0 Å². The van der Waals surface area contributed by atoms with Crippen LogP contribution < -0.4 is 0 Å². The van der Waals surface area contributed by atoms with E-state index in [2.05, 4.69) is 27.7 Å². The zero-order valence-corrected chi connectivity index (χ0v) is 27.1. The van der Waals surface area contributed by atoms with Crippen LogP contribution >= 0.6 is 0 Å². The highest BCUT2D eigenvalue weighted by atomic mass is 14.1. The molecule has 0 heterocycles. The van der Waals surface area contributed by atoms with Crippen molar-refractivity contribution in [1.29, 1.82) is 0 Å². The summed E-state index contributed by atoms with van der Waals surface area (Å²) < 4.78 is 0. The number of unbranched alkanes of at least 4 members (excludes halogenated alkanes) is 24. The first-order valence-corrected chi connectivity index (χ1v) is 18.2. The second-order valence-corrected chi connectivity index (χ2v) is 13.2. The van der Waals surface area contributed by atoms with E-state index in [0.29, 0.717) is 0 Å². The number of hydrogen-bond donors (Lipinski definition) is 0. The summed E-state index contributed by atoms with van der Waals surface area (Å²) >= 11 is 0. The van der Waals surface area contributed by atoms with E-state index in [-0.39, 0.29) is 0 Å². The molecule has 0 saturated heterocycles. The van der Waals surface area contributed by atoms with Crippen molar-refractivity contribution in [3.8, 4) is 0 Å². The Labute approximate surface area is 238 Å². The van der Waals surface area contributed by atoms with Crippen LogP contribution in [0, 0.1) is 11.8 Å². The van der Waals surface area contributed by atoms with Gasteiger partial charge in [0, 0.05) is 0 Å². The van der Waals surface area contributed by atoms with Crippen LogP contribution in [-0.2, 0) is 0 Å². The predicted octanol–water partition coefficient (Wildman–Crippen LogP) is 14.4. The molecule has 0 N–H and O–H groups in total. The van der Waals surface area contributed by atoms with Crippen LogP contribution in [0.3, 0.4) is 0 Å². The number of rotatable bonds is 32. The Morgan fingerprint density at radius 1 is 0.243 bits per heavy atom. The van der Waals surface area contributed by atoms with Gasteiger partial charge in [-0.15, -0.1) is 0 Å². The first kappa shape index (κ1) is 37.0. The van der Waals surface area contributed by atoms with Crippen molar-refractivity contribution in [2.24, 2.45) is 11.8 Å². The normalized spacial score (nSPS) is 13.3. The molecule has 0 spiro atoms. The Bertz CT molecular complexity index is 385. The van der Waals surface area contributed by atoms with Crippen LogP contribution in [-0.4, -0.2) is 0 Å². The minimum Gasteiger partial charge on any atom is -0.0654 e. The quantitative estimate of drug-likeness (QED) is 0.0773. The minimum atomic E-state index is 0.956. The van der Waals surface area contributed by atoms with Crippen LogP contribution in [0.15, 0.2) is 0 Å². The zero-order valence-electron chi connectivity index (χ0n) is 27.1. The lowest BCUT2D eigenvalue weighted by atomic mass is 9.92. The molecular formula is C37H76. The molecule has 0 fully saturated rings. The molecule has 0 aromatic rings. The zero-order chi connectivity index (χ0) is 27.1. The Balaban J connectivity index is 3.17. The Morgan fingerprint density at radius 3 is 0.703 bits per heavy atom. The second kappa shape index (κ2) is 32.2. The molecule has 2 atom stereocenters. The third kappa shape index (κ3) is 32.1. The summed E-state index contributed by atoms with van der Waals surface area (Å²) in [7, 11) is 0. The topological polar surface area (TPSA) is 0 Å². The van der Waals surface area contributed by atoms with Gasteiger partial charge in [0.1, 0.15) is 0 Å². The molecule has 0 aliphatic heterocycles. The molecule has 0 amide bonds. The summed E-state index contributed by atoms with van der Waals surface area (Å²) in [5.41, 5.74) is 0. The Kier molecular flexibility index (Phi) is 32.2. The van der Waals surface area contributed by atoms with Crippen molar-refractivity contribution in [3.05, 3.63) is 0 Å². The highest BCUT2D eigenvalue weighted by Gasteiger charge is 2.06. The molecule has 0 aliphatic rings. The molecule has 0 nitrogen and oxygen atoms in total. The van der Waals surface area contributed by atoms with Gasteiger partial charge in [0.2, 0.25) is 0 Å². The summed E-state index contributed by atoms with van der Waals surface area (Å²) in [5.74, 6) is 1.91. The standard InChI is InChI=1S/C37H76/c1-5-7-9-11-12-13-14-15-16-17-18-19-20-21-22-23-24-25-26-27-28-30-33-37(4)35-31-34-36(3)32-29-10-8-6-2/h36-37H,5-35H2,1-4H3. The van der Waals surface area contributed by atoms with Gasteiger partial charge in [-0.05, 0) is 11.8 Å². The van der Waals surface area contributed by atoms with E-state index in [4.69, 9.17) is 0 Å². The van der Waals surface area contributed by atoms with Gasteiger partial charge >= 0.3 is 0 Å². The van der Waals surface area contributed by atoms with Gasteiger partial charge in [-0.3, -0.25) is 0 Å². The van der Waals surface area contributed by atoms with E-state index in [1.165, 1.54) is 199 Å². The summed E-state index contributed by atoms with van der Waals surface area (Å²) in [6, 6.07) is 0. The molecule has 224 valence electrons. The maximum atomic E-state index is 2.50. The van der Waals surface area contributed by atoms with Gasteiger partial charge in [-0.1, -0.05) is 227 Å². The van der Waals surface area contributed by atoms with Crippen molar-refractivity contribution in [3.63, 3.8) is 0 Å². The minimum absolute atomic E-state index is 0.956. The SMILES string of the molecule is CCCCCCCCCCCCCCCCCCCCCCCCC(C)CCCC(C)CCCCCC. The van der Waals surface area contributed by atoms with Crippen molar-refractivity contribution in [2.45, 2.75) is 227 Å². The van der Waals surface area contributed by atoms with E-state index in [1.54, 1.807) is 0 Å². The maximum Gasteiger partial charge on any atom is -0.0443 e. The summed E-state index contributed by atoms with van der Waals surface area (Å²) in [4.78, 5) is 0. The highest BCUT2D eigenvalue weighted by molar-refractivity contribution is 4.59. The first-order valence-electron chi connectivity index (χ1n) is 18.2. The van der Waals surface area contributed by atoms with E-state index >= 15 is 0 Å². The lowest BCUT2D eigenvalue weighted by Crippen LogP contribution is -1.99.